The molecule has 0 unspecified atom stereocenters. The number of ketones is 1. The first-order valence-electron chi connectivity index (χ1n) is 5.70. The molecule has 0 saturated carbocycles. The maximum absolute atomic E-state index is 13.8. The highest BCUT2D eigenvalue weighted by atomic mass is 35.5. The molecule has 0 radical (unpaired) electrons. The lowest BCUT2D eigenvalue weighted by Crippen LogP contribution is -2.05. The van der Waals surface area contributed by atoms with E-state index in [1.165, 1.54) is 36.7 Å². The van der Waals surface area contributed by atoms with Crippen molar-refractivity contribution in [1.29, 1.82) is 0 Å². The highest BCUT2D eigenvalue weighted by molar-refractivity contribution is 6.31. The molecule has 19 heavy (non-hydrogen) atoms. The summed E-state index contributed by atoms with van der Waals surface area (Å²) in [5, 5.41) is -0.0835. The van der Waals surface area contributed by atoms with Gasteiger partial charge in [0.1, 0.15) is 5.75 Å². The Balaban J connectivity index is 2.38. The maximum atomic E-state index is 13.8. The summed E-state index contributed by atoms with van der Waals surface area (Å²) in [5.74, 6) is -0.735. The van der Waals surface area contributed by atoms with E-state index in [2.05, 4.69) is 4.98 Å². The van der Waals surface area contributed by atoms with Crippen molar-refractivity contribution in [3.63, 3.8) is 0 Å². The van der Waals surface area contributed by atoms with Gasteiger partial charge in [0.15, 0.2) is 11.6 Å². The van der Waals surface area contributed by atoms with E-state index in [4.69, 9.17) is 16.3 Å². The summed E-state index contributed by atoms with van der Waals surface area (Å²) in [6, 6.07) is 5.83. The van der Waals surface area contributed by atoms with Crippen LogP contribution in [0.1, 0.15) is 22.8 Å². The third kappa shape index (κ3) is 2.90. The third-order valence-corrected chi connectivity index (χ3v) is 2.77. The maximum Gasteiger partial charge on any atom is 0.197 e. The first kappa shape index (κ1) is 13.5. The minimum absolute atomic E-state index is 0.0806. The van der Waals surface area contributed by atoms with E-state index < -0.39 is 11.6 Å². The summed E-state index contributed by atoms with van der Waals surface area (Å²) >= 11 is 5.66. The molecule has 0 amide bonds. The van der Waals surface area contributed by atoms with Crippen LogP contribution in [0.15, 0.2) is 36.7 Å². The summed E-state index contributed by atoms with van der Waals surface area (Å²) in [4.78, 5) is 16.1. The molecular weight excluding hydrogens is 269 g/mol. The molecule has 0 aliphatic rings. The Labute approximate surface area is 115 Å². The molecule has 1 aromatic heterocycles. The van der Waals surface area contributed by atoms with Gasteiger partial charge in [0.25, 0.3) is 0 Å². The van der Waals surface area contributed by atoms with Gasteiger partial charge < -0.3 is 4.74 Å². The van der Waals surface area contributed by atoms with E-state index in [-0.39, 0.29) is 16.1 Å². The van der Waals surface area contributed by atoms with Crippen LogP contribution in [0.25, 0.3) is 0 Å². The largest absolute Gasteiger partial charge is 0.492 e. The summed E-state index contributed by atoms with van der Waals surface area (Å²) < 4.78 is 19.0. The second kappa shape index (κ2) is 5.80. The van der Waals surface area contributed by atoms with Crippen LogP contribution in [0.3, 0.4) is 0 Å². The lowest BCUT2D eigenvalue weighted by Gasteiger charge is -2.06. The molecule has 1 heterocycles. The van der Waals surface area contributed by atoms with Crippen LogP contribution in [-0.2, 0) is 0 Å². The quantitative estimate of drug-likeness (QED) is 0.804. The second-order valence-electron chi connectivity index (χ2n) is 3.77. The SMILES string of the molecule is CCOc1cncc(C(=O)c2cccc(Cl)c2F)c1. The monoisotopic (exact) mass is 279 g/mol. The molecule has 2 rings (SSSR count). The zero-order valence-electron chi connectivity index (χ0n) is 10.2. The van der Waals surface area contributed by atoms with Gasteiger partial charge in [0.2, 0.25) is 0 Å². The van der Waals surface area contributed by atoms with Gasteiger partial charge in [-0.15, -0.1) is 0 Å². The zero-order valence-corrected chi connectivity index (χ0v) is 10.9. The van der Waals surface area contributed by atoms with Crippen LogP contribution in [0.4, 0.5) is 4.39 Å². The average molecular weight is 280 g/mol. The molecule has 3 nitrogen and oxygen atoms in total. The number of nitrogens with zero attached hydrogens (tertiary/aromatic N) is 1. The van der Waals surface area contributed by atoms with Crippen LogP contribution < -0.4 is 4.74 Å². The second-order valence-corrected chi connectivity index (χ2v) is 4.18. The molecule has 0 N–H and O–H groups in total. The molecule has 0 aliphatic carbocycles. The zero-order chi connectivity index (χ0) is 13.8. The van der Waals surface area contributed by atoms with Crippen LogP contribution in [0.2, 0.25) is 5.02 Å². The summed E-state index contributed by atoms with van der Waals surface area (Å²) in [6.07, 6.45) is 2.86. The lowest BCUT2D eigenvalue weighted by atomic mass is 10.0. The Morgan fingerprint density at radius 3 is 2.95 bits per heavy atom. The summed E-state index contributed by atoms with van der Waals surface area (Å²) in [6.45, 7) is 2.29. The van der Waals surface area contributed by atoms with Gasteiger partial charge in [0.05, 0.1) is 23.4 Å². The number of hydrogen-bond donors (Lipinski definition) is 0. The number of ether oxygens (including phenoxy) is 1. The van der Waals surface area contributed by atoms with E-state index in [9.17, 15) is 9.18 Å². The number of aromatic nitrogens is 1. The van der Waals surface area contributed by atoms with Crippen LogP contribution in [0.5, 0.6) is 5.75 Å². The standard InChI is InChI=1S/C14H11ClFNO2/c1-2-19-10-6-9(7-17-8-10)14(18)11-4-3-5-12(15)13(11)16/h3-8H,2H2,1H3. The van der Waals surface area contributed by atoms with Crippen molar-refractivity contribution in [1.82, 2.24) is 4.98 Å². The Morgan fingerprint density at radius 2 is 2.21 bits per heavy atom. The van der Waals surface area contributed by atoms with Crippen molar-refractivity contribution in [2.75, 3.05) is 6.61 Å². The van der Waals surface area contributed by atoms with Crippen molar-refractivity contribution in [3.05, 3.63) is 58.6 Å². The number of carbonyl (C=O) groups excluding carboxylic acids is 1. The van der Waals surface area contributed by atoms with Gasteiger partial charge in [-0.1, -0.05) is 17.7 Å². The third-order valence-electron chi connectivity index (χ3n) is 2.48. The van der Waals surface area contributed by atoms with E-state index in [1.807, 2.05) is 6.92 Å². The molecule has 0 fully saturated rings. The highest BCUT2D eigenvalue weighted by Crippen LogP contribution is 2.21. The molecule has 0 spiro atoms. The summed E-state index contributed by atoms with van der Waals surface area (Å²) in [7, 11) is 0. The van der Waals surface area contributed by atoms with Crippen molar-refractivity contribution in [2.24, 2.45) is 0 Å². The summed E-state index contributed by atoms with van der Waals surface area (Å²) in [5.41, 5.74) is 0.176. The number of rotatable bonds is 4. The fraction of sp³-hybridized carbons (Fsp3) is 0.143. The van der Waals surface area contributed by atoms with Gasteiger partial charge in [0, 0.05) is 11.8 Å². The smallest absolute Gasteiger partial charge is 0.197 e. The van der Waals surface area contributed by atoms with E-state index >= 15 is 0 Å². The van der Waals surface area contributed by atoms with Crippen molar-refractivity contribution >= 4 is 17.4 Å². The van der Waals surface area contributed by atoms with E-state index in [0.29, 0.717) is 12.4 Å². The molecule has 5 heteroatoms. The van der Waals surface area contributed by atoms with Gasteiger partial charge in [-0.3, -0.25) is 9.78 Å². The molecule has 0 saturated heterocycles. The predicted octanol–water partition coefficient (Wildman–Crippen LogP) is 3.50. The molecule has 0 atom stereocenters. The van der Waals surface area contributed by atoms with Crippen molar-refractivity contribution < 1.29 is 13.9 Å². The first-order valence-corrected chi connectivity index (χ1v) is 6.08. The van der Waals surface area contributed by atoms with E-state index in [0.717, 1.165) is 0 Å². The topological polar surface area (TPSA) is 39.2 Å². The number of benzene rings is 1. The number of pyridine rings is 1. The number of hydrogen-bond acceptors (Lipinski definition) is 3. The lowest BCUT2D eigenvalue weighted by molar-refractivity contribution is 0.103. The van der Waals surface area contributed by atoms with Gasteiger partial charge >= 0.3 is 0 Å². The Bertz CT molecular complexity index is 616. The van der Waals surface area contributed by atoms with Crippen molar-refractivity contribution in [2.45, 2.75) is 6.92 Å². The minimum atomic E-state index is -0.726. The molecule has 98 valence electrons. The predicted molar refractivity (Wildman–Crippen MR) is 70.2 cm³/mol. The number of halogens is 2. The Morgan fingerprint density at radius 1 is 1.42 bits per heavy atom. The minimum Gasteiger partial charge on any atom is -0.492 e. The Kier molecular flexibility index (Phi) is 4.12. The first-order chi connectivity index (χ1) is 9.13. The molecular formula is C14H11ClFNO2. The Hall–Kier alpha value is -1.94. The van der Waals surface area contributed by atoms with Gasteiger partial charge in [-0.25, -0.2) is 4.39 Å². The average Bonchev–Trinajstić information content (AvgIpc) is 2.42. The van der Waals surface area contributed by atoms with Crippen LogP contribution >= 0.6 is 11.6 Å². The molecule has 1 aromatic carbocycles. The molecule has 0 aliphatic heterocycles. The van der Waals surface area contributed by atoms with Gasteiger partial charge in [-0.05, 0) is 25.1 Å². The van der Waals surface area contributed by atoms with Gasteiger partial charge in [-0.2, -0.15) is 0 Å². The van der Waals surface area contributed by atoms with E-state index in [1.54, 1.807) is 0 Å². The normalized spacial score (nSPS) is 10.3. The van der Waals surface area contributed by atoms with Crippen molar-refractivity contribution in [3.8, 4) is 5.75 Å². The fourth-order valence-corrected chi connectivity index (χ4v) is 1.80. The molecule has 0 bridgehead atoms. The fourth-order valence-electron chi connectivity index (χ4n) is 1.62. The van der Waals surface area contributed by atoms with Crippen LogP contribution in [0, 0.1) is 5.82 Å². The van der Waals surface area contributed by atoms with Crippen LogP contribution in [-0.4, -0.2) is 17.4 Å². The highest BCUT2D eigenvalue weighted by Gasteiger charge is 2.16. The molecule has 2 aromatic rings. The number of carbonyl (C=O) groups is 1.